The predicted octanol–water partition coefficient (Wildman–Crippen LogP) is 3.00. The van der Waals surface area contributed by atoms with E-state index in [0.29, 0.717) is 12.3 Å². The molecule has 90 valence electrons. The van der Waals surface area contributed by atoms with Crippen molar-refractivity contribution in [2.75, 3.05) is 5.32 Å². The number of benzene rings is 1. The van der Waals surface area contributed by atoms with Crippen LogP contribution in [0.15, 0.2) is 34.7 Å². The second kappa shape index (κ2) is 5.06. The van der Waals surface area contributed by atoms with Crippen molar-refractivity contribution in [3.8, 4) is 0 Å². The number of rotatable bonds is 4. The lowest BCUT2D eigenvalue weighted by Crippen LogP contribution is -1.98. The molecular formula is C14H17NO2. The number of aryl methyl sites for hydroxylation is 2. The second-order valence-electron chi connectivity index (χ2n) is 4.18. The molecule has 1 heterocycles. The molecule has 0 aliphatic carbocycles. The highest BCUT2D eigenvalue weighted by molar-refractivity contribution is 5.48. The minimum atomic E-state index is -0.0519. The van der Waals surface area contributed by atoms with Gasteiger partial charge in [0.25, 0.3) is 0 Å². The molecule has 0 aliphatic heterocycles. The first-order valence-electron chi connectivity index (χ1n) is 5.68. The van der Waals surface area contributed by atoms with Crippen LogP contribution in [-0.4, -0.2) is 5.11 Å². The van der Waals surface area contributed by atoms with Crippen LogP contribution in [0.25, 0.3) is 0 Å². The maximum Gasteiger partial charge on any atom is 0.129 e. The Balaban J connectivity index is 1.99. The Morgan fingerprint density at radius 3 is 2.47 bits per heavy atom. The lowest BCUT2D eigenvalue weighted by Gasteiger charge is -2.07. The Morgan fingerprint density at radius 1 is 1.06 bits per heavy atom. The van der Waals surface area contributed by atoms with E-state index in [2.05, 4.69) is 37.4 Å². The first-order chi connectivity index (χ1) is 8.19. The van der Waals surface area contributed by atoms with Crippen molar-refractivity contribution in [2.24, 2.45) is 0 Å². The first kappa shape index (κ1) is 11.7. The Morgan fingerprint density at radius 2 is 1.82 bits per heavy atom. The van der Waals surface area contributed by atoms with E-state index in [1.165, 1.54) is 11.1 Å². The van der Waals surface area contributed by atoms with Gasteiger partial charge < -0.3 is 14.8 Å². The van der Waals surface area contributed by atoms with E-state index in [4.69, 9.17) is 9.52 Å². The van der Waals surface area contributed by atoms with Crippen molar-refractivity contribution < 1.29 is 9.52 Å². The zero-order valence-corrected chi connectivity index (χ0v) is 10.2. The van der Waals surface area contributed by atoms with Crippen LogP contribution in [0.5, 0.6) is 0 Å². The van der Waals surface area contributed by atoms with Gasteiger partial charge in [0.1, 0.15) is 18.1 Å². The molecule has 1 aromatic carbocycles. The minimum Gasteiger partial charge on any atom is -0.462 e. The van der Waals surface area contributed by atoms with Crippen molar-refractivity contribution >= 4 is 5.69 Å². The largest absolute Gasteiger partial charge is 0.462 e. The van der Waals surface area contributed by atoms with Crippen LogP contribution in [0.1, 0.15) is 22.6 Å². The van der Waals surface area contributed by atoms with Gasteiger partial charge >= 0.3 is 0 Å². The number of hydrogen-bond acceptors (Lipinski definition) is 3. The number of aliphatic hydroxyl groups excluding tert-OH is 1. The van der Waals surface area contributed by atoms with Crippen LogP contribution in [0.4, 0.5) is 5.69 Å². The van der Waals surface area contributed by atoms with E-state index in [9.17, 15) is 0 Å². The molecule has 3 heteroatoms. The molecule has 0 atom stereocenters. The summed E-state index contributed by atoms with van der Waals surface area (Å²) < 4.78 is 5.40. The van der Waals surface area contributed by atoms with E-state index < -0.39 is 0 Å². The fourth-order valence-electron chi connectivity index (χ4n) is 1.64. The van der Waals surface area contributed by atoms with Crippen LogP contribution >= 0.6 is 0 Å². The SMILES string of the molecule is Cc1ccc(NCc2ccc(CO)o2)cc1C. The van der Waals surface area contributed by atoms with Gasteiger partial charge in [0.2, 0.25) is 0 Å². The van der Waals surface area contributed by atoms with Crippen LogP contribution in [0.2, 0.25) is 0 Å². The van der Waals surface area contributed by atoms with Crippen molar-refractivity contribution in [1.82, 2.24) is 0 Å². The summed E-state index contributed by atoms with van der Waals surface area (Å²) in [5.41, 5.74) is 3.64. The van der Waals surface area contributed by atoms with Gasteiger partial charge in [-0.3, -0.25) is 0 Å². The van der Waals surface area contributed by atoms with Crippen molar-refractivity contribution in [3.63, 3.8) is 0 Å². The molecule has 1 aromatic heterocycles. The Bertz CT molecular complexity index is 503. The van der Waals surface area contributed by atoms with E-state index in [1.807, 2.05) is 6.07 Å². The Hall–Kier alpha value is -1.74. The summed E-state index contributed by atoms with van der Waals surface area (Å²) in [6.45, 7) is 4.77. The third kappa shape index (κ3) is 2.88. The van der Waals surface area contributed by atoms with Crippen LogP contribution in [0.3, 0.4) is 0 Å². The number of anilines is 1. The van der Waals surface area contributed by atoms with E-state index in [1.54, 1.807) is 6.07 Å². The second-order valence-corrected chi connectivity index (χ2v) is 4.18. The lowest BCUT2D eigenvalue weighted by atomic mass is 10.1. The Kier molecular flexibility index (Phi) is 3.49. The summed E-state index contributed by atoms with van der Waals surface area (Å²) in [6.07, 6.45) is 0. The number of furan rings is 1. The quantitative estimate of drug-likeness (QED) is 0.850. The van der Waals surface area contributed by atoms with Crippen LogP contribution in [0, 0.1) is 13.8 Å². The number of aliphatic hydroxyl groups is 1. The third-order valence-corrected chi connectivity index (χ3v) is 2.85. The van der Waals surface area contributed by atoms with Crippen molar-refractivity contribution in [1.29, 1.82) is 0 Å². The highest BCUT2D eigenvalue weighted by Crippen LogP contribution is 2.16. The predicted molar refractivity (Wildman–Crippen MR) is 67.9 cm³/mol. The number of hydrogen-bond donors (Lipinski definition) is 2. The van der Waals surface area contributed by atoms with Gasteiger partial charge in [0.15, 0.2) is 0 Å². The molecule has 0 saturated carbocycles. The van der Waals surface area contributed by atoms with Gasteiger partial charge in [-0.05, 0) is 49.2 Å². The molecule has 3 nitrogen and oxygen atoms in total. The molecule has 2 N–H and O–H groups in total. The molecule has 2 aromatic rings. The summed E-state index contributed by atoms with van der Waals surface area (Å²) in [4.78, 5) is 0. The van der Waals surface area contributed by atoms with Gasteiger partial charge in [-0.1, -0.05) is 6.07 Å². The summed E-state index contributed by atoms with van der Waals surface area (Å²) >= 11 is 0. The highest BCUT2D eigenvalue weighted by atomic mass is 16.4. The maximum atomic E-state index is 8.89. The fourth-order valence-corrected chi connectivity index (χ4v) is 1.64. The van der Waals surface area contributed by atoms with Crippen LogP contribution < -0.4 is 5.32 Å². The van der Waals surface area contributed by atoms with E-state index in [0.717, 1.165) is 11.4 Å². The molecule has 0 aliphatic rings. The summed E-state index contributed by atoms with van der Waals surface area (Å²) in [5, 5.41) is 12.2. The zero-order valence-electron chi connectivity index (χ0n) is 10.2. The third-order valence-electron chi connectivity index (χ3n) is 2.85. The lowest BCUT2D eigenvalue weighted by molar-refractivity contribution is 0.244. The average molecular weight is 231 g/mol. The van der Waals surface area contributed by atoms with Crippen molar-refractivity contribution in [2.45, 2.75) is 27.0 Å². The van der Waals surface area contributed by atoms with E-state index >= 15 is 0 Å². The van der Waals surface area contributed by atoms with Crippen molar-refractivity contribution in [3.05, 3.63) is 53.0 Å². The molecule has 17 heavy (non-hydrogen) atoms. The molecule has 0 amide bonds. The topological polar surface area (TPSA) is 45.4 Å². The highest BCUT2D eigenvalue weighted by Gasteiger charge is 2.01. The average Bonchev–Trinajstić information content (AvgIpc) is 2.79. The molecule has 0 saturated heterocycles. The van der Waals surface area contributed by atoms with Gasteiger partial charge in [-0.25, -0.2) is 0 Å². The van der Waals surface area contributed by atoms with Crippen LogP contribution in [-0.2, 0) is 13.2 Å². The zero-order chi connectivity index (χ0) is 12.3. The maximum absolute atomic E-state index is 8.89. The summed E-state index contributed by atoms with van der Waals surface area (Å²) in [5.74, 6) is 1.43. The molecule has 0 radical (unpaired) electrons. The molecule has 2 rings (SSSR count). The normalized spacial score (nSPS) is 10.5. The summed E-state index contributed by atoms with van der Waals surface area (Å²) in [7, 11) is 0. The van der Waals surface area contributed by atoms with Gasteiger partial charge in [0, 0.05) is 5.69 Å². The minimum absolute atomic E-state index is 0.0519. The molecule has 0 spiro atoms. The molecular weight excluding hydrogens is 214 g/mol. The van der Waals surface area contributed by atoms with Gasteiger partial charge in [-0.15, -0.1) is 0 Å². The molecule has 0 fully saturated rings. The fraction of sp³-hybridized carbons (Fsp3) is 0.286. The van der Waals surface area contributed by atoms with Gasteiger partial charge in [0.05, 0.1) is 6.54 Å². The summed E-state index contributed by atoms with van der Waals surface area (Å²) in [6, 6.07) is 9.93. The number of nitrogens with one attached hydrogen (secondary N) is 1. The van der Waals surface area contributed by atoms with Gasteiger partial charge in [-0.2, -0.15) is 0 Å². The monoisotopic (exact) mass is 231 g/mol. The standard InChI is InChI=1S/C14H17NO2/c1-10-3-4-12(7-11(10)2)15-8-13-5-6-14(9-16)17-13/h3-7,15-16H,8-9H2,1-2H3. The Labute approximate surface area is 101 Å². The first-order valence-corrected chi connectivity index (χ1v) is 5.68. The molecule has 0 unspecified atom stereocenters. The smallest absolute Gasteiger partial charge is 0.129 e. The molecule has 0 bridgehead atoms. The van der Waals surface area contributed by atoms with E-state index in [-0.39, 0.29) is 6.61 Å².